The number of fused-ring (bicyclic) bond motifs is 2. The number of nitrogens with zero attached hydrogens (tertiary/aromatic N) is 3. The molecule has 5 nitrogen and oxygen atoms in total. The van der Waals surface area contributed by atoms with Crippen LogP contribution in [0.15, 0.2) is 77.2 Å². The van der Waals surface area contributed by atoms with Gasteiger partial charge in [0.2, 0.25) is 5.62 Å². The Bertz CT molecular complexity index is 1360. The summed E-state index contributed by atoms with van der Waals surface area (Å²) in [5.41, 5.74) is 6.71. The van der Waals surface area contributed by atoms with Crippen LogP contribution in [0.25, 0.3) is 22.1 Å². The van der Waals surface area contributed by atoms with Gasteiger partial charge in [-0.3, -0.25) is 5.41 Å². The molecule has 0 saturated heterocycles. The third-order valence-corrected chi connectivity index (χ3v) is 5.63. The molecule has 30 heavy (non-hydrogen) atoms. The van der Waals surface area contributed by atoms with Crippen LogP contribution in [-0.4, -0.2) is 14.1 Å². The zero-order valence-corrected chi connectivity index (χ0v) is 17.2. The minimum atomic E-state index is 0.0368. The van der Waals surface area contributed by atoms with Gasteiger partial charge in [-0.2, -0.15) is 0 Å². The maximum atomic E-state index is 8.95. The summed E-state index contributed by atoms with van der Waals surface area (Å²) in [5.74, 6) is 0.700. The van der Waals surface area contributed by atoms with Crippen LogP contribution >= 0.6 is 0 Å². The Balaban J connectivity index is 1.54. The molecule has 0 fully saturated rings. The van der Waals surface area contributed by atoms with Crippen LogP contribution in [0.1, 0.15) is 30.0 Å². The van der Waals surface area contributed by atoms with E-state index in [1.54, 1.807) is 0 Å². The van der Waals surface area contributed by atoms with Gasteiger partial charge in [0.1, 0.15) is 5.52 Å². The van der Waals surface area contributed by atoms with Crippen LogP contribution in [0.3, 0.4) is 0 Å². The first-order chi connectivity index (χ1) is 14.6. The van der Waals surface area contributed by atoms with Crippen molar-refractivity contribution in [3.8, 4) is 0 Å². The molecule has 0 spiro atoms. The molecule has 1 unspecified atom stereocenters. The Morgan fingerprint density at radius 1 is 0.933 bits per heavy atom. The minimum Gasteiger partial charge on any atom is -0.441 e. The summed E-state index contributed by atoms with van der Waals surface area (Å²) in [5, 5.41) is 8.95. The van der Waals surface area contributed by atoms with Crippen LogP contribution in [0.4, 0.5) is 0 Å². The maximum Gasteiger partial charge on any atom is 0.203 e. The van der Waals surface area contributed by atoms with Gasteiger partial charge in [-0.25, -0.2) is 4.98 Å². The van der Waals surface area contributed by atoms with Gasteiger partial charge in [-0.15, -0.1) is 0 Å². The number of aryl methyl sites for hydroxylation is 1. The molecule has 5 rings (SSSR count). The topological polar surface area (TPSA) is 59.7 Å². The smallest absolute Gasteiger partial charge is 0.203 e. The Kier molecular flexibility index (Phi) is 4.51. The average Bonchev–Trinajstić information content (AvgIpc) is 3.27. The highest BCUT2D eigenvalue weighted by atomic mass is 16.3. The van der Waals surface area contributed by atoms with Crippen molar-refractivity contribution < 1.29 is 4.42 Å². The standard InChI is InChI=1S/C25H24N4O/c1-17-11-13-19(14-12-17)16-28-21-8-4-5-9-22(21)29(25(28)26)18(2)15-24-27-20-7-3-6-10-23(20)30-24/h3-14,18,26H,15-16H2,1-2H3. The van der Waals surface area contributed by atoms with E-state index in [2.05, 4.69) is 64.4 Å². The van der Waals surface area contributed by atoms with Crippen LogP contribution in [0, 0.1) is 12.3 Å². The Morgan fingerprint density at radius 3 is 2.40 bits per heavy atom. The third kappa shape index (κ3) is 3.22. The van der Waals surface area contributed by atoms with Gasteiger partial charge in [0, 0.05) is 12.5 Å². The quantitative estimate of drug-likeness (QED) is 0.442. The highest BCUT2D eigenvalue weighted by molar-refractivity contribution is 5.76. The fraction of sp³-hybridized carbons (Fsp3) is 0.200. The van der Waals surface area contributed by atoms with Gasteiger partial charge in [0.15, 0.2) is 11.5 Å². The van der Waals surface area contributed by atoms with Gasteiger partial charge in [0.05, 0.1) is 17.6 Å². The van der Waals surface area contributed by atoms with Crippen molar-refractivity contribution in [1.29, 1.82) is 5.41 Å². The SMILES string of the molecule is Cc1ccc(Cn2c(=N)n(C(C)Cc3nc4ccccc4o3)c3ccccc32)cc1. The molecule has 5 aromatic rings. The van der Waals surface area contributed by atoms with Gasteiger partial charge in [0.25, 0.3) is 0 Å². The van der Waals surface area contributed by atoms with Crippen LogP contribution < -0.4 is 5.62 Å². The molecule has 0 saturated carbocycles. The molecule has 0 amide bonds. The summed E-state index contributed by atoms with van der Waals surface area (Å²) >= 11 is 0. The molecule has 0 bridgehead atoms. The molecule has 0 aliphatic carbocycles. The van der Waals surface area contributed by atoms with E-state index in [4.69, 9.17) is 9.83 Å². The lowest BCUT2D eigenvalue weighted by atomic mass is 10.1. The van der Waals surface area contributed by atoms with E-state index in [9.17, 15) is 0 Å². The summed E-state index contributed by atoms with van der Waals surface area (Å²) in [6.45, 7) is 4.88. The molecule has 1 N–H and O–H groups in total. The zero-order chi connectivity index (χ0) is 20.7. The van der Waals surface area contributed by atoms with Gasteiger partial charge < -0.3 is 13.6 Å². The summed E-state index contributed by atoms with van der Waals surface area (Å²) in [4.78, 5) is 4.62. The number of hydrogen-bond donors (Lipinski definition) is 1. The average molecular weight is 396 g/mol. The van der Waals surface area contributed by atoms with Crippen molar-refractivity contribution >= 4 is 22.1 Å². The van der Waals surface area contributed by atoms with Crippen molar-refractivity contribution in [2.45, 2.75) is 32.9 Å². The van der Waals surface area contributed by atoms with E-state index >= 15 is 0 Å². The molecular weight excluding hydrogens is 372 g/mol. The summed E-state index contributed by atoms with van der Waals surface area (Å²) in [7, 11) is 0. The highest BCUT2D eigenvalue weighted by Crippen LogP contribution is 2.23. The number of aromatic nitrogens is 3. The van der Waals surface area contributed by atoms with Crippen molar-refractivity contribution in [2.24, 2.45) is 0 Å². The lowest BCUT2D eigenvalue weighted by molar-refractivity contribution is 0.444. The molecule has 2 aromatic heterocycles. The number of benzene rings is 3. The fourth-order valence-corrected chi connectivity index (χ4v) is 4.09. The number of nitrogens with one attached hydrogen (secondary N) is 1. The second-order valence-corrected chi connectivity index (χ2v) is 7.88. The van der Waals surface area contributed by atoms with Crippen molar-refractivity contribution in [2.75, 3.05) is 0 Å². The summed E-state index contributed by atoms with van der Waals surface area (Å²) in [6.07, 6.45) is 0.629. The molecule has 0 radical (unpaired) electrons. The molecule has 2 heterocycles. The van der Waals surface area contributed by atoms with E-state index in [1.807, 2.05) is 36.4 Å². The van der Waals surface area contributed by atoms with Crippen LogP contribution in [0.5, 0.6) is 0 Å². The Morgan fingerprint density at radius 2 is 1.63 bits per heavy atom. The fourth-order valence-electron chi connectivity index (χ4n) is 4.09. The molecule has 0 aliphatic heterocycles. The first-order valence-corrected chi connectivity index (χ1v) is 10.2. The van der Waals surface area contributed by atoms with Crippen LogP contribution in [-0.2, 0) is 13.0 Å². The second kappa shape index (κ2) is 7.34. The number of hydrogen-bond acceptors (Lipinski definition) is 3. The number of para-hydroxylation sites is 4. The van der Waals surface area contributed by atoms with E-state index in [0.717, 1.165) is 22.1 Å². The second-order valence-electron chi connectivity index (χ2n) is 7.88. The molecule has 150 valence electrons. The first-order valence-electron chi connectivity index (χ1n) is 10.2. The molecule has 3 aromatic carbocycles. The largest absolute Gasteiger partial charge is 0.441 e. The normalized spacial score (nSPS) is 12.6. The van der Waals surface area contributed by atoms with E-state index < -0.39 is 0 Å². The number of oxazole rings is 1. The highest BCUT2D eigenvalue weighted by Gasteiger charge is 2.18. The maximum absolute atomic E-state index is 8.95. The predicted molar refractivity (Wildman–Crippen MR) is 118 cm³/mol. The van der Waals surface area contributed by atoms with Crippen molar-refractivity contribution in [3.63, 3.8) is 0 Å². The Labute approximate surface area is 174 Å². The Hall–Kier alpha value is -3.60. The van der Waals surface area contributed by atoms with Gasteiger partial charge in [-0.05, 0) is 43.7 Å². The third-order valence-electron chi connectivity index (χ3n) is 5.63. The van der Waals surface area contributed by atoms with E-state index in [0.29, 0.717) is 24.5 Å². The number of rotatable bonds is 5. The van der Waals surface area contributed by atoms with Crippen molar-refractivity contribution in [3.05, 3.63) is 95.4 Å². The molecular formula is C25H24N4O. The zero-order valence-electron chi connectivity index (χ0n) is 17.2. The van der Waals surface area contributed by atoms with Crippen LogP contribution in [0.2, 0.25) is 0 Å². The van der Waals surface area contributed by atoms with E-state index in [1.165, 1.54) is 11.1 Å². The predicted octanol–water partition coefficient (Wildman–Crippen LogP) is 5.22. The minimum absolute atomic E-state index is 0.0368. The van der Waals surface area contributed by atoms with Gasteiger partial charge >= 0.3 is 0 Å². The lowest BCUT2D eigenvalue weighted by Crippen LogP contribution is -2.28. The summed E-state index contributed by atoms with van der Waals surface area (Å²) < 4.78 is 10.1. The first kappa shape index (κ1) is 18.4. The molecule has 5 heteroatoms. The lowest BCUT2D eigenvalue weighted by Gasteiger charge is -2.12. The molecule has 1 atom stereocenters. The number of imidazole rings is 1. The van der Waals surface area contributed by atoms with E-state index in [-0.39, 0.29) is 6.04 Å². The monoisotopic (exact) mass is 396 g/mol. The van der Waals surface area contributed by atoms with Crippen molar-refractivity contribution in [1.82, 2.24) is 14.1 Å². The summed E-state index contributed by atoms with van der Waals surface area (Å²) in [6, 6.07) is 24.6. The molecule has 0 aliphatic rings. The van der Waals surface area contributed by atoms with Gasteiger partial charge in [-0.1, -0.05) is 54.1 Å².